The summed E-state index contributed by atoms with van der Waals surface area (Å²) in [6.07, 6.45) is 4.85. The van der Waals surface area contributed by atoms with Gasteiger partial charge in [0.2, 0.25) is 0 Å². The molecule has 1 aliphatic carbocycles. The van der Waals surface area contributed by atoms with Crippen LogP contribution >= 0.6 is 0 Å². The van der Waals surface area contributed by atoms with Gasteiger partial charge in [-0.15, -0.1) is 0 Å². The predicted octanol–water partition coefficient (Wildman–Crippen LogP) is 5.96. The van der Waals surface area contributed by atoms with Crippen molar-refractivity contribution in [1.82, 2.24) is 14.9 Å². The molecule has 1 atom stereocenters. The van der Waals surface area contributed by atoms with Crippen LogP contribution in [0.25, 0.3) is 0 Å². The number of benzene rings is 2. The molecule has 7 heteroatoms. The molecule has 3 heterocycles. The highest BCUT2D eigenvalue weighted by atomic mass is 16.4. The number of hydrogen-bond acceptors (Lipinski definition) is 5. The average Bonchev–Trinajstić information content (AvgIpc) is 3.50. The van der Waals surface area contributed by atoms with Gasteiger partial charge in [0.25, 0.3) is 0 Å². The third-order valence-electron chi connectivity index (χ3n) is 9.08. The number of likely N-dealkylation sites (tertiary alicyclic amines) is 1. The standard InChI is InChI=1S/C31H37N5O2/c1-21(2)23-12-13-24-27(23)29(33-20-32-24)36-19-31(28-25(34(3)30(37)38)10-7-11-26(28)36)14-16-35(17-15-31)18-22-8-5-4-6-9-22/h4-11,20-21,23H,12-19H2,1-3H3,(H,37,38). The second kappa shape index (κ2) is 9.70. The van der Waals surface area contributed by atoms with Crippen LogP contribution in [0.1, 0.15) is 61.4 Å². The Kier molecular flexibility index (Phi) is 6.34. The van der Waals surface area contributed by atoms with Crippen LogP contribution in [0.3, 0.4) is 0 Å². The Morgan fingerprint density at radius 2 is 1.87 bits per heavy atom. The first-order valence-electron chi connectivity index (χ1n) is 13.9. The third-order valence-corrected chi connectivity index (χ3v) is 9.08. The molecule has 1 fully saturated rings. The molecule has 38 heavy (non-hydrogen) atoms. The molecule has 1 amide bonds. The fraction of sp³-hybridized carbons (Fsp3) is 0.452. The highest BCUT2D eigenvalue weighted by molar-refractivity contribution is 5.91. The van der Waals surface area contributed by atoms with Crippen LogP contribution in [0, 0.1) is 5.92 Å². The molecule has 0 bridgehead atoms. The highest BCUT2D eigenvalue weighted by Crippen LogP contribution is 2.55. The smallest absolute Gasteiger partial charge is 0.411 e. The number of hydrogen-bond donors (Lipinski definition) is 1. The predicted molar refractivity (Wildman–Crippen MR) is 150 cm³/mol. The molecule has 7 nitrogen and oxygen atoms in total. The minimum atomic E-state index is -0.934. The molecule has 3 aliphatic rings. The maximum Gasteiger partial charge on any atom is 0.411 e. The summed E-state index contributed by atoms with van der Waals surface area (Å²) in [6.45, 7) is 8.30. The molecule has 198 valence electrons. The van der Waals surface area contributed by atoms with Crippen molar-refractivity contribution in [3.8, 4) is 0 Å². The van der Waals surface area contributed by atoms with E-state index >= 15 is 0 Å². The van der Waals surface area contributed by atoms with Gasteiger partial charge in [-0.3, -0.25) is 9.80 Å². The quantitative estimate of drug-likeness (QED) is 0.456. The van der Waals surface area contributed by atoms with E-state index in [2.05, 4.69) is 65.0 Å². The monoisotopic (exact) mass is 511 g/mol. The lowest BCUT2D eigenvalue weighted by atomic mass is 9.73. The topological polar surface area (TPSA) is 72.8 Å². The van der Waals surface area contributed by atoms with Gasteiger partial charge < -0.3 is 10.0 Å². The van der Waals surface area contributed by atoms with Crippen LogP contribution in [-0.4, -0.2) is 52.7 Å². The first-order valence-corrected chi connectivity index (χ1v) is 13.9. The molecule has 2 aliphatic heterocycles. The SMILES string of the molecule is CC(C)C1CCc2ncnc(N3CC4(CCN(Cc5ccccc5)CC4)c4c(N(C)C(=O)O)cccc43)c21. The summed E-state index contributed by atoms with van der Waals surface area (Å²) in [5.41, 5.74) is 6.72. The van der Waals surface area contributed by atoms with E-state index in [0.717, 1.165) is 74.6 Å². The fourth-order valence-electron chi connectivity index (χ4n) is 7.04. The van der Waals surface area contributed by atoms with Gasteiger partial charge in [-0.25, -0.2) is 14.8 Å². The number of piperidine rings is 1. The Morgan fingerprint density at radius 1 is 1.11 bits per heavy atom. The van der Waals surface area contributed by atoms with Crippen LogP contribution in [-0.2, 0) is 18.4 Å². The summed E-state index contributed by atoms with van der Waals surface area (Å²) in [7, 11) is 1.66. The summed E-state index contributed by atoms with van der Waals surface area (Å²) in [4.78, 5) is 28.0. The van der Waals surface area contributed by atoms with Crippen molar-refractivity contribution in [1.29, 1.82) is 0 Å². The van der Waals surface area contributed by atoms with Crippen LogP contribution < -0.4 is 9.80 Å². The fourth-order valence-corrected chi connectivity index (χ4v) is 7.04. The van der Waals surface area contributed by atoms with Crippen molar-refractivity contribution in [2.45, 2.75) is 57.4 Å². The van der Waals surface area contributed by atoms with Gasteiger partial charge in [-0.05, 0) is 68.3 Å². The number of rotatable bonds is 5. The zero-order chi connectivity index (χ0) is 26.4. The summed E-state index contributed by atoms with van der Waals surface area (Å²) >= 11 is 0. The summed E-state index contributed by atoms with van der Waals surface area (Å²) in [6, 6.07) is 16.8. The summed E-state index contributed by atoms with van der Waals surface area (Å²) < 4.78 is 0. The largest absolute Gasteiger partial charge is 0.465 e. The second-order valence-corrected chi connectivity index (χ2v) is 11.6. The average molecular weight is 512 g/mol. The lowest BCUT2D eigenvalue weighted by Gasteiger charge is -2.41. The molecule has 1 unspecified atom stereocenters. The van der Waals surface area contributed by atoms with Gasteiger partial charge in [0.15, 0.2) is 0 Å². The van der Waals surface area contributed by atoms with Crippen LogP contribution in [0.4, 0.5) is 22.0 Å². The number of amides is 1. The number of anilines is 3. The number of aryl methyl sites for hydroxylation is 1. The molecular weight excluding hydrogens is 474 g/mol. The Labute approximate surface area is 225 Å². The molecule has 3 aromatic rings. The Hall–Kier alpha value is -3.45. The molecule has 1 aromatic heterocycles. The van der Waals surface area contributed by atoms with Crippen LogP contribution in [0.5, 0.6) is 0 Å². The second-order valence-electron chi connectivity index (χ2n) is 11.6. The van der Waals surface area contributed by atoms with Crippen molar-refractivity contribution in [2.75, 3.05) is 36.5 Å². The van der Waals surface area contributed by atoms with Gasteiger partial charge in [0.05, 0.1) is 5.69 Å². The van der Waals surface area contributed by atoms with Gasteiger partial charge in [0.1, 0.15) is 12.1 Å². The third kappa shape index (κ3) is 4.13. The Morgan fingerprint density at radius 3 is 2.58 bits per heavy atom. The molecular formula is C31H37N5O2. The number of aromatic nitrogens is 2. The minimum Gasteiger partial charge on any atom is -0.465 e. The normalized spacial score (nSPS) is 20.1. The van der Waals surface area contributed by atoms with Crippen molar-refractivity contribution >= 4 is 23.3 Å². The van der Waals surface area contributed by atoms with Crippen molar-refractivity contribution in [2.24, 2.45) is 5.92 Å². The number of carbonyl (C=O) groups is 1. The molecule has 1 saturated heterocycles. The van der Waals surface area contributed by atoms with Crippen LogP contribution in [0.2, 0.25) is 0 Å². The minimum absolute atomic E-state index is 0.132. The highest BCUT2D eigenvalue weighted by Gasteiger charge is 2.48. The number of fused-ring (bicyclic) bond motifs is 3. The summed E-state index contributed by atoms with van der Waals surface area (Å²) in [5.74, 6) is 1.98. The summed E-state index contributed by atoms with van der Waals surface area (Å²) in [5, 5.41) is 9.95. The van der Waals surface area contributed by atoms with E-state index in [-0.39, 0.29) is 5.41 Å². The van der Waals surface area contributed by atoms with E-state index in [0.29, 0.717) is 11.8 Å². The van der Waals surface area contributed by atoms with E-state index < -0.39 is 6.09 Å². The first kappa shape index (κ1) is 24.9. The molecule has 1 N–H and O–H groups in total. The zero-order valence-electron chi connectivity index (χ0n) is 22.6. The van der Waals surface area contributed by atoms with E-state index in [4.69, 9.17) is 4.98 Å². The Bertz CT molecular complexity index is 1330. The molecule has 2 aromatic carbocycles. The number of nitrogens with zero attached hydrogens (tertiary/aromatic N) is 5. The van der Waals surface area contributed by atoms with E-state index in [1.165, 1.54) is 21.7 Å². The lowest BCUT2D eigenvalue weighted by Crippen LogP contribution is -2.45. The molecule has 6 rings (SSSR count). The van der Waals surface area contributed by atoms with Crippen LogP contribution in [0.15, 0.2) is 54.9 Å². The first-order chi connectivity index (χ1) is 18.4. The van der Waals surface area contributed by atoms with Gasteiger partial charge >= 0.3 is 6.09 Å². The molecule has 0 radical (unpaired) electrons. The molecule has 1 spiro atoms. The van der Waals surface area contributed by atoms with Crippen molar-refractivity contribution < 1.29 is 9.90 Å². The van der Waals surface area contributed by atoms with Crippen molar-refractivity contribution in [3.05, 3.63) is 77.2 Å². The van der Waals surface area contributed by atoms with E-state index in [9.17, 15) is 9.90 Å². The van der Waals surface area contributed by atoms with Gasteiger partial charge in [-0.1, -0.05) is 50.2 Å². The van der Waals surface area contributed by atoms with Gasteiger partial charge in [-0.2, -0.15) is 0 Å². The lowest BCUT2D eigenvalue weighted by molar-refractivity contribution is 0.160. The maximum absolute atomic E-state index is 12.1. The number of carboxylic acid groups (broad SMARTS) is 1. The maximum atomic E-state index is 12.1. The zero-order valence-corrected chi connectivity index (χ0v) is 22.6. The Balaban J connectivity index is 1.40. The van der Waals surface area contributed by atoms with Gasteiger partial charge in [0, 0.05) is 48.1 Å². The van der Waals surface area contributed by atoms with E-state index in [1.54, 1.807) is 13.4 Å². The van der Waals surface area contributed by atoms with Crippen molar-refractivity contribution in [3.63, 3.8) is 0 Å². The van der Waals surface area contributed by atoms with E-state index in [1.807, 2.05) is 12.1 Å². The molecule has 0 saturated carbocycles.